The number of methoxy groups -OCH3 is 1. The van der Waals surface area contributed by atoms with E-state index in [2.05, 4.69) is 24.3 Å². The van der Waals surface area contributed by atoms with E-state index in [0.717, 1.165) is 13.2 Å². The second-order valence-corrected chi connectivity index (χ2v) is 2.63. The molecule has 0 aliphatic carbocycles. The number of nitrogens with one attached hydrogen (secondary N) is 1. The molecule has 62 valence electrons. The molecule has 0 aliphatic rings. The Balaban J connectivity index is 3.50. The Hall–Kier alpha value is -0.120. The first kappa shape index (κ1) is 9.88. The van der Waals surface area contributed by atoms with E-state index in [4.69, 9.17) is 4.74 Å². The van der Waals surface area contributed by atoms with Crippen molar-refractivity contribution >= 4 is 0 Å². The van der Waals surface area contributed by atoms with Gasteiger partial charge in [0.2, 0.25) is 0 Å². The Morgan fingerprint density at radius 1 is 1.50 bits per heavy atom. The third-order valence-electron chi connectivity index (χ3n) is 1.53. The summed E-state index contributed by atoms with van der Waals surface area (Å²) in [6.45, 7) is 1.76. The summed E-state index contributed by atoms with van der Waals surface area (Å²) in [6.07, 6.45) is 0. The van der Waals surface area contributed by atoms with Crippen LogP contribution in [0.3, 0.4) is 0 Å². The Morgan fingerprint density at radius 3 is 2.40 bits per heavy atom. The zero-order chi connectivity index (χ0) is 7.98. The minimum Gasteiger partial charge on any atom is -0.383 e. The van der Waals surface area contributed by atoms with Crippen molar-refractivity contribution in [2.24, 2.45) is 0 Å². The quantitative estimate of drug-likeness (QED) is 0.580. The number of hydrogen-bond donors (Lipinski definition) is 1. The second kappa shape index (κ2) is 5.65. The molecule has 3 nitrogen and oxygen atoms in total. The summed E-state index contributed by atoms with van der Waals surface area (Å²) in [5.41, 5.74) is 0. The van der Waals surface area contributed by atoms with E-state index in [1.54, 1.807) is 7.11 Å². The molecule has 0 aromatic carbocycles. The highest BCUT2D eigenvalue weighted by atomic mass is 16.5. The maximum atomic E-state index is 5.04. The Morgan fingerprint density at radius 2 is 2.10 bits per heavy atom. The van der Waals surface area contributed by atoms with Gasteiger partial charge in [0.25, 0.3) is 0 Å². The molecular weight excluding hydrogens is 128 g/mol. The number of rotatable bonds is 5. The van der Waals surface area contributed by atoms with Gasteiger partial charge in [0, 0.05) is 19.7 Å². The van der Waals surface area contributed by atoms with Crippen molar-refractivity contribution in [3.63, 3.8) is 0 Å². The molecular formula is C7H18N2O. The first-order valence-electron chi connectivity index (χ1n) is 3.52. The third-order valence-corrected chi connectivity index (χ3v) is 1.53. The average Bonchev–Trinajstić information content (AvgIpc) is 1.87. The maximum Gasteiger partial charge on any atom is 0.0630 e. The lowest BCUT2D eigenvalue weighted by Crippen LogP contribution is -2.39. The predicted octanol–water partition coefficient (Wildman–Crippen LogP) is -0.218. The van der Waals surface area contributed by atoms with Gasteiger partial charge in [0.15, 0.2) is 0 Å². The summed E-state index contributed by atoms with van der Waals surface area (Å²) in [6, 6.07) is 0.481. The second-order valence-electron chi connectivity index (χ2n) is 2.63. The molecule has 0 aliphatic heterocycles. The van der Waals surface area contributed by atoms with Crippen molar-refractivity contribution in [3.8, 4) is 0 Å². The van der Waals surface area contributed by atoms with Gasteiger partial charge in [-0.1, -0.05) is 0 Å². The van der Waals surface area contributed by atoms with Crippen LogP contribution in [-0.4, -0.2) is 52.3 Å². The van der Waals surface area contributed by atoms with Gasteiger partial charge in [-0.25, -0.2) is 0 Å². The SMILES string of the molecule is CNCC(COC)N(C)C. The molecule has 1 unspecified atom stereocenters. The number of hydrogen-bond acceptors (Lipinski definition) is 3. The molecule has 0 aromatic rings. The molecule has 10 heavy (non-hydrogen) atoms. The van der Waals surface area contributed by atoms with Gasteiger partial charge in [-0.3, -0.25) is 0 Å². The number of ether oxygens (including phenoxy) is 1. The lowest BCUT2D eigenvalue weighted by Gasteiger charge is -2.22. The van der Waals surface area contributed by atoms with Crippen molar-refractivity contribution in [1.29, 1.82) is 0 Å². The minimum absolute atomic E-state index is 0.481. The van der Waals surface area contributed by atoms with Crippen LogP contribution in [0.15, 0.2) is 0 Å². The van der Waals surface area contributed by atoms with Crippen LogP contribution in [0, 0.1) is 0 Å². The van der Waals surface area contributed by atoms with E-state index >= 15 is 0 Å². The van der Waals surface area contributed by atoms with Gasteiger partial charge >= 0.3 is 0 Å². The zero-order valence-electron chi connectivity index (χ0n) is 7.35. The van der Waals surface area contributed by atoms with Gasteiger partial charge in [0.1, 0.15) is 0 Å². The Kier molecular flexibility index (Phi) is 5.58. The van der Waals surface area contributed by atoms with Gasteiger partial charge < -0.3 is 15.0 Å². The number of likely N-dealkylation sites (N-methyl/N-ethyl adjacent to an activating group) is 2. The highest BCUT2D eigenvalue weighted by Crippen LogP contribution is 1.90. The molecule has 0 fully saturated rings. The van der Waals surface area contributed by atoms with E-state index in [1.807, 2.05) is 7.05 Å². The highest BCUT2D eigenvalue weighted by Gasteiger charge is 2.08. The maximum absolute atomic E-state index is 5.04. The third kappa shape index (κ3) is 3.82. The smallest absolute Gasteiger partial charge is 0.0630 e. The van der Waals surface area contributed by atoms with Crippen LogP contribution >= 0.6 is 0 Å². The summed E-state index contributed by atoms with van der Waals surface area (Å²) < 4.78 is 5.04. The molecule has 0 saturated carbocycles. The van der Waals surface area contributed by atoms with Crippen molar-refractivity contribution in [3.05, 3.63) is 0 Å². The fraction of sp³-hybridized carbons (Fsp3) is 1.00. The molecule has 0 aromatic heterocycles. The largest absolute Gasteiger partial charge is 0.383 e. The van der Waals surface area contributed by atoms with Gasteiger partial charge in [0.05, 0.1) is 6.61 Å². The van der Waals surface area contributed by atoms with Gasteiger partial charge in [-0.15, -0.1) is 0 Å². The van der Waals surface area contributed by atoms with E-state index in [1.165, 1.54) is 0 Å². The lowest BCUT2D eigenvalue weighted by molar-refractivity contribution is 0.120. The van der Waals surface area contributed by atoms with Crippen LogP contribution in [0.4, 0.5) is 0 Å². The zero-order valence-corrected chi connectivity index (χ0v) is 7.35. The first-order valence-corrected chi connectivity index (χ1v) is 3.52. The number of nitrogens with zero attached hydrogens (tertiary/aromatic N) is 1. The first-order chi connectivity index (χ1) is 4.72. The Labute approximate surface area is 63.4 Å². The molecule has 0 bridgehead atoms. The van der Waals surface area contributed by atoms with Crippen LogP contribution in [0.5, 0.6) is 0 Å². The monoisotopic (exact) mass is 146 g/mol. The van der Waals surface area contributed by atoms with Crippen molar-refractivity contribution < 1.29 is 4.74 Å². The Bertz CT molecular complexity index is 70.0. The standard InChI is InChI=1S/C7H18N2O/c1-8-5-7(6-10-4)9(2)3/h7-8H,5-6H2,1-4H3. The van der Waals surface area contributed by atoms with Crippen molar-refractivity contribution in [1.82, 2.24) is 10.2 Å². The van der Waals surface area contributed by atoms with Crippen molar-refractivity contribution in [2.45, 2.75) is 6.04 Å². The summed E-state index contributed by atoms with van der Waals surface area (Å²) in [4.78, 5) is 2.15. The molecule has 0 saturated heterocycles. The van der Waals surface area contributed by atoms with E-state index in [9.17, 15) is 0 Å². The topological polar surface area (TPSA) is 24.5 Å². The molecule has 0 heterocycles. The van der Waals surface area contributed by atoms with Gasteiger partial charge in [-0.05, 0) is 21.1 Å². The minimum atomic E-state index is 0.481. The molecule has 0 rings (SSSR count). The summed E-state index contributed by atoms with van der Waals surface area (Å²) in [5, 5.41) is 3.11. The van der Waals surface area contributed by atoms with Crippen LogP contribution in [0.2, 0.25) is 0 Å². The van der Waals surface area contributed by atoms with E-state index in [-0.39, 0.29) is 0 Å². The van der Waals surface area contributed by atoms with Crippen LogP contribution < -0.4 is 5.32 Å². The fourth-order valence-corrected chi connectivity index (χ4v) is 0.819. The van der Waals surface area contributed by atoms with E-state index < -0.39 is 0 Å². The lowest BCUT2D eigenvalue weighted by atomic mass is 10.3. The van der Waals surface area contributed by atoms with E-state index in [0.29, 0.717) is 6.04 Å². The normalized spacial score (nSPS) is 14.1. The predicted molar refractivity (Wildman–Crippen MR) is 43.3 cm³/mol. The molecule has 0 radical (unpaired) electrons. The highest BCUT2D eigenvalue weighted by molar-refractivity contribution is 4.66. The van der Waals surface area contributed by atoms with Crippen LogP contribution in [-0.2, 0) is 4.74 Å². The van der Waals surface area contributed by atoms with Crippen LogP contribution in [0.25, 0.3) is 0 Å². The molecule has 1 atom stereocenters. The van der Waals surface area contributed by atoms with Crippen LogP contribution in [0.1, 0.15) is 0 Å². The molecule has 1 N–H and O–H groups in total. The summed E-state index contributed by atoms with van der Waals surface area (Å²) in [5.74, 6) is 0. The molecule has 0 spiro atoms. The molecule has 3 heteroatoms. The van der Waals surface area contributed by atoms with Gasteiger partial charge in [-0.2, -0.15) is 0 Å². The fourth-order valence-electron chi connectivity index (χ4n) is 0.819. The molecule has 0 amide bonds. The van der Waals surface area contributed by atoms with Crippen molar-refractivity contribution in [2.75, 3.05) is 41.4 Å². The summed E-state index contributed by atoms with van der Waals surface area (Å²) >= 11 is 0. The summed E-state index contributed by atoms with van der Waals surface area (Å²) in [7, 11) is 7.79. The average molecular weight is 146 g/mol.